The first kappa shape index (κ1) is 13.4. The molecule has 0 saturated carbocycles. The van der Waals surface area contributed by atoms with Crippen LogP contribution in [0.1, 0.15) is 26.7 Å². The van der Waals surface area contributed by atoms with Crippen LogP contribution in [0.3, 0.4) is 0 Å². The first-order valence-corrected chi connectivity index (χ1v) is 6.71. The van der Waals surface area contributed by atoms with Crippen molar-refractivity contribution in [2.24, 2.45) is 0 Å². The van der Waals surface area contributed by atoms with Crippen LogP contribution in [0.5, 0.6) is 0 Å². The molecule has 1 amide bonds. The third-order valence-corrected chi connectivity index (χ3v) is 3.38. The molecule has 0 fully saturated rings. The maximum absolute atomic E-state index is 11.7. The second-order valence-electron chi connectivity index (χ2n) is 3.81. The number of carbonyl (C=O) groups is 1. The summed E-state index contributed by atoms with van der Waals surface area (Å²) in [5.41, 5.74) is 0.555. The molecule has 4 nitrogen and oxygen atoms in total. The fourth-order valence-electron chi connectivity index (χ4n) is 1.48. The van der Waals surface area contributed by atoms with E-state index >= 15 is 0 Å². The summed E-state index contributed by atoms with van der Waals surface area (Å²) in [6.45, 7) is 0.571. The van der Waals surface area contributed by atoms with Crippen LogP contribution in [0, 0.1) is 11.8 Å². The van der Waals surface area contributed by atoms with Gasteiger partial charge < -0.3 is 15.4 Å². The molecule has 19 heavy (non-hydrogen) atoms. The summed E-state index contributed by atoms with van der Waals surface area (Å²) in [6, 6.07) is 7.39. The Hall–Kier alpha value is -2.03. The Morgan fingerprint density at radius 2 is 2.32 bits per heavy atom. The molecule has 2 heterocycles. The number of nitrogens with one attached hydrogen (secondary N) is 2. The van der Waals surface area contributed by atoms with Crippen molar-refractivity contribution in [3.05, 3.63) is 45.9 Å². The molecule has 0 aliphatic rings. The van der Waals surface area contributed by atoms with Crippen LogP contribution in [-0.4, -0.2) is 22.6 Å². The van der Waals surface area contributed by atoms with Gasteiger partial charge in [-0.25, -0.2) is 0 Å². The SMILES string of the molecule is O=C(NCc1ccc(C#CCCO)s1)c1ccc[nH]1. The quantitative estimate of drug-likeness (QED) is 0.744. The number of carbonyl (C=O) groups excluding carboxylic acids is 1. The number of aromatic nitrogens is 1. The maximum Gasteiger partial charge on any atom is 0.267 e. The number of aliphatic hydroxyl groups is 1. The van der Waals surface area contributed by atoms with Gasteiger partial charge in [0, 0.05) is 17.5 Å². The van der Waals surface area contributed by atoms with E-state index in [-0.39, 0.29) is 12.5 Å². The number of aromatic amines is 1. The van der Waals surface area contributed by atoms with Crippen molar-refractivity contribution in [2.45, 2.75) is 13.0 Å². The molecule has 0 radical (unpaired) electrons. The Balaban J connectivity index is 1.87. The lowest BCUT2D eigenvalue weighted by Gasteiger charge is -2.00. The predicted molar refractivity (Wildman–Crippen MR) is 74.9 cm³/mol. The van der Waals surface area contributed by atoms with Crippen LogP contribution < -0.4 is 5.32 Å². The summed E-state index contributed by atoms with van der Waals surface area (Å²) in [5, 5.41) is 11.5. The van der Waals surface area contributed by atoms with Crippen LogP contribution >= 0.6 is 11.3 Å². The Labute approximate surface area is 115 Å². The lowest BCUT2D eigenvalue weighted by Crippen LogP contribution is -2.22. The van der Waals surface area contributed by atoms with Crippen molar-refractivity contribution in [2.75, 3.05) is 6.61 Å². The molecule has 2 rings (SSSR count). The third kappa shape index (κ3) is 3.98. The number of hydrogen-bond donors (Lipinski definition) is 3. The van der Waals surface area contributed by atoms with E-state index in [0.717, 1.165) is 9.75 Å². The van der Waals surface area contributed by atoms with E-state index in [1.807, 2.05) is 12.1 Å². The average Bonchev–Trinajstić information content (AvgIpc) is 3.08. The molecule has 0 saturated heterocycles. The fraction of sp³-hybridized carbons (Fsp3) is 0.214. The summed E-state index contributed by atoms with van der Waals surface area (Å²) in [4.78, 5) is 16.6. The Kier molecular flexibility index (Phi) is 4.78. The normalized spacial score (nSPS) is 9.74. The Bertz CT molecular complexity index is 590. The fourth-order valence-corrected chi connectivity index (χ4v) is 2.30. The summed E-state index contributed by atoms with van der Waals surface area (Å²) in [7, 11) is 0. The molecule has 0 spiro atoms. The highest BCUT2D eigenvalue weighted by atomic mass is 32.1. The van der Waals surface area contributed by atoms with Gasteiger partial charge in [-0.05, 0) is 24.3 Å². The van der Waals surface area contributed by atoms with Crippen LogP contribution in [0.25, 0.3) is 0 Å². The summed E-state index contributed by atoms with van der Waals surface area (Å²) < 4.78 is 0. The van der Waals surface area contributed by atoms with Crippen LogP contribution in [0.4, 0.5) is 0 Å². The van der Waals surface area contributed by atoms with E-state index in [9.17, 15) is 4.79 Å². The van der Waals surface area contributed by atoms with Crippen LogP contribution in [0.2, 0.25) is 0 Å². The van der Waals surface area contributed by atoms with E-state index in [0.29, 0.717) is 18.7 Å². The maximum atomic E-state index is 11.7. The minimum absolute atomic E-state index is 0.0808. The molecule has 98 valence electrons. The Morgan fingerprint density at radius 1 is 1.42 bits per heavy atom. The summed E-state index contributed by atoms with van der Waals surface area (Å²) in [5.74, 6) is 5.72. The molecule has 0 aliphatic carbocycles. The first-order valence-electron chi connectivity index (χ1n) is 5.89. The second-order valence-corrected chi connectivity index (χ2v) is 4.98. The highest BCUT2D eigenvalue weighted by Crippen LogP contribution is 2.15. The van der Waals surface area contributed by atoms with Gasteiger partial charge in [-0.1, -0.05) is 11.8 Å². The standard InChI is InChI=1S/C14H14N2O2S/c17-9-2-1-4-11-6-7-12(19-11)10-16-14(18)13-5-3-8-15-13/h3,5-8,15,17H,2,9-10H2,(H,16,18). The molecule has 5 heteroatoms. The first-order chi connectivity index (χ1) is 9.29. The second kappa shape index (κ2) is 6.78. The van der Waals surface area contributed by atoms with Gasteiger partial charge in [-0.3, -0.25) is 4.79 Å². The van der Waals surface area contributed by atoms with Gasteiger partial charge in [0.05, 0.1) is 18.0 Å². The van der Waals surface area contributed by atoms with E-state index in [1.54, 1.807) is 29.7 Å². The van der Waals surface area contributed by atoms with Gasteiger partial charge >= 0.3 is 0 Å². The molecule has 0 bridgehead atoms. The molecule has 0 aromatic carbocycles. The van der Waals surface area contributed by atoms with Gasteiger partial charge in [-0.15, -0.1) is 11.3 Å². The summed E-state index contributed by atoms with van der Waals surface area (Å²) >= 11 is 1.54. The minimum atomic E-state index is -0.119. The zero-order chi connectivity index (χ0) is 13.5. The molecule has 0 unspecified atom stereocenters. The van der Waals surface area contributed by atoms with Gasteiger partial charge in [0.1, 0.15) is 5.69 Å². The molecule has 3 N–H and O–H groups in total. The van der Waals surface area contributed by atoms with E-state index in [4.69, 9.17) is 5.11 Å². The molecule has 2 aromatic rings. The lowest BCUT2D eigenvalue weighted by molar-refractivity contribution is 0.0947. The van der Waals surface area contributed by atoms with Crippen molar-refractivity contribution in [1.29, 1.82) is 0 Å². The number of H-pyrrole nitrogens is 1. The van der Waals surface area contributed by atoms with E-state index < -0.39 is 0 Å². The van der Waals surface area contributed by atoms with Gasteiger partial charge in [-0.2, -0.15) is 0 Å². The smallest absolute Gasteiger partial charge is 0.267 e. The number of rotatable bonds is 4. The largest absolute Gasteiger partial charge is 0.395 e. The van der Waals surface area contributed by atoms with Crippen molar-refractivity contribution >= 4 is 17.2 Å². The highest BCUT2D eigenvalue weighted by Gasteiger charge is 2.05. The van der Waals surface area contributed by atoms with Crippen molar-refractivity contribution in [3.63, 3.8) is 0 Å². The van der Waals surface area contributed by atoms with Gasteiger partial charge in [0.25, 0.3) is 5.91 Å². The third-order valence-electron chi connectivity index (χ3n) is 2.38. The van der Waals surface area contributed by atoms with E-state index in [2.05, 4.69) is 22.1 Å². The molecule has 0 aliphatic heterocycles. The molecular weight excluding hydrogens is 260 g/mol. The number of hydrogen-bond acceptors (Lipinski definition) is 3. The average molecular weight is 274 g/mol. The topological polar surface area (TPSA) is 65.1 Å². The number of amides is 1. The Morgan fingerprint density at radius 3 is 3.05 bits per heavy atom. The predicted octanol–water partition coefficient (Wildman–Crippen LogP) is 1.74. The number of aliphatic hydroxyl groups excluding tert-OH is 1. The number of thiophene rings is 1. The van der Waals surface area contributed by atoms with Crippen LogP contribution in [-0.2, 0) is 6.54 Å². The van der Waals surface area contributed by atoms with Gasteiger partial charge in [0.15, 0.2) is 0 Å². The lowest BCUT2D eigenvalue weighted by atomic mass is 10.3. The summed E-state index contributed by atoms with van der Waals surface area (Å²) in [6.07, 6.45) is 2.20. The minimum Gasteiger partial charge on any atom is -0.395 e. The zero-order valence-corrected chi connectivity index (χ0v) is 11.1. The van der Waals surface area contributed by atoms with Crippen molar-refractivity contribution in [3.8, 4) is 11.8 Å². The van der Waals surface area contributed by atoms with Crippen molar-refractivity contribution < 1.29 is 9.90 Å². The monoisotopic (exact) mass is 274 g/mol. The van der Waals surface area contributed by atoms with Gasteiger partial charge in [0.2, 0.25) is 0 Å². The highest BCUT2D eigenvalue weighted by molar-refractivity contribution is 7.12. The molecule has 2 aromatic heterocycles. The molecule has 0 atom stereocenters. The molecular formula is C14H14N2O2S. The van der Waals surface area contributed by atoms with E-state index in [1.165, 1.54) is 0 Å². The van der Waals surface area contributed by atoms with Crippen molar-refractivity contribution in [1.82, 2.24) is 10.3 Å². The zero-order valence-electron chi connectivity index (χ0n) is 10.3. The van der Waals surface area contributed by atoms with Crippen LogP contribution in [0.15, 0.2) is 30.5 Å².